The molecule has 0 aliphatic rings. The number of carbonyl (C=O) groups excluding carboxylic acids is 1. The molecular formula is C23H17I2N3O3. The predicted molar refractivity (Wildman–Crippen MR) is 135 cm³/mol. The molecule has 6 nitrogen and oxygen atoms in total. The van der Waals surface area contributed by atoms with Gasteiger partial charge in [-0.05, 0) is 74.0 Å². The number of benzene rings is 3. The van der Waals surface area contributed by atoms with E-state index in [1.165, 1.54) is 6.21 Å². The third-order valence-electron chi connectivity index (χ3n) is 4.39. The molecule has 0 saturated heterocycles. The highest BCUT2D eigenvalue weighted by atomic mass is 127. The molecule has 0 fully saturated rings. The molecule has 3 aromatic rings. The van der Waals surface area contributed by atoms with Crippen LogP contribution in [0.5, 0.6) is 5.75 Å². The molecule has 0 saturated carbocycles. The van der Waals surface area contributed by atoms with E-state index in [0.717, 1.165) is 12.7 Å². The van der Waals surface area contributed by atoms with Crippen LogP contribution in [0, 0.1) is 18.5 Å². The van der Waals surface area contributed by atoms with E-state index >= 15 is 0 Å². The van der Waals surface area contributed by atoms with Crippen LogP contribution in [0.1, 0.15) is 16.7 Å². The first-order valence-corrected chi connectivity index (χ1v) is 11.3. The van der Waals surface area contributed by atoms with E-state index in [1.54, 1.807) is 48.5 Å². The van der Waals surface area contributed by atoms with Crippen molar-refractivity contribution in [2.24, 2.45) is 5.10 Å². The summed E-state index contributed by atoms with van der Waals surface area (Å²) >= 11 is 4.23. The van der Waals surface area contributed by atoms with Crippen molar-refractivity contribution >= 4 is 57.3 Å². The van der Waals surface area contributed by atoms with Gasteiger partial charge >= 0.3 is 0 Å². The van der Waals surface area contributed by atoms with Crippen LogP contribution in [0.4, 0.5) is 0 Å². The summed E-state index contributed by atoms with van der Waals surface area (Å²) in [5.41, 5.74) is 2.19. The van der Waals surface area contributed by atoms with Gasteiger partial charge < -0.3 is 9.84 Å². The molecule has 2 N–H and O–H groups in total. The number of amides is 1. The molecule has 0 bridgehead atoms. The molecule has 1 amide bonds. The number of nitrogens with zero attached hydrogens (tertiary/aromatic N) is 2. The Morgan fingerprint density at radius 3 is 2.06 bits per heavy atom. The van der Waals surface area contributed by atoms with Crippen LogP contribution in [0.2, 0.25) is 0 Å². The molecule has 3 rings (SSSR count). The lowest BCUT2D eigenvalue weighted by Crippen LogP contribution is -2.43. The summed E-state index contributed by atoms with van der Waals surface area (Å²) in [5.74, 6) is -0.0361. The first-order valence-electron chi connectivity index (χ1n) is 9.12. The normalized spacial score (nSPS) is 11.2. The van der Waals surface area contributed by atoms with E-state index in [0.29, 0.717) is 16.9 Å². The standard InChI is InChI=1S/C23H17I2N3O3/c24-19-13-16(14-20(25)21(19)31-12-11-26)15-27-28-22(29)23(30,17-7-3-1-4-8-17)18-9-5-2-6-10-18/h1-10,13-15,30H,12H2,(H,28,29)/b27-15+. The number of nitrogens with one attached hydrogen (secondary N) is 1. The van der Waals surface area contributed by atoms with Crippen LogP contribution in [0.25, 0.3) is 0 Å². The summed E-state index contributed by atoms with van der Waals surface area (Å²) in [6, 6.07) is 23.1. The number of aliphatic hydroxyl groups is 1. The van der Waals surface area contributed by atoms with Crippen LogP contribution in [0.15, 0.2) is 77.9 Å². The van der Waals surface area contributed by atoms with Crippen molar-refractivity contribution < 1.29 is 14.6 Å². The van der Waals surface area contributed by atoms with Crippen molar-refractivity contribution in [3.8, 4) is 11.8 Å². The van der Waals surface area contributed by atoms with Crippen molar-refractivity contribution in [3.05, 3.63) is 96.6 Å². The largest absolute Gasteiger partial charge is 0.477 e. The van der Waals surface area contributed by atoms with E-state index in [4.69, 9.17) is 10.00 Å². The lowest BCUT2D eigenvalue weighted by molar-refractivity contribution is -0.136. The predicted octanol–water partition coefficient (Wildman–Crippen LogP) is 4.18. The van der Waals surface area contributed by atoms with E-state index < -0.39 is 11.5 Å². The average molecular weight is 637 g/mol. The van der Waals surface area contributed by atoms with Crippen LogP contribution >= 0.6 is 45.2 Å². The maximum absolute atomic E-state index is 13.0. The summed E-state index contributed by atoms with van der Waals surface area (Å²) < 4.78 is 7.07. The summed E-state index contributed by atoms with van der Waals surface area (Å²) in [5, 5.41) is 24.1. The summed E-state index contributed by atoms with van der Waals surface area (Å²) in [6.07, 6.45) is 1.49. The second-order valence-corrected chi connectivity index (χ2v) is 8.73. The molecular weight excluding hydrogens is 620 g/mol. The van der Waals surface area contributed by atoms with Crippen molar-refractivity contribution in [2.75, 3.05) is 6.61 Å². The third-order valence-corrected chi connectivity index (χ3v) is 6.00. The van der Waals surface area contributed by atoms with E-state index in [9.17, 15) is 9.90 Å². The van der Waals surface area contributed by atoms with Gasteiger partial charge in [0.15, 0.2) is 12.2 Å². The highest BCUT2D eigenvalue weighted by molar-refractivity contribution is 14.1. The van der Waals surface area contributed by atoms with E-state index in [2.05, 4.69) is 55.7 Å². The number of ether oxygens (including phenoxy) is 1. The Hall–Kier alpha value is -2.49. The Labute approximate surface area is 207 Å². The summed E-state index contributed by atoms with van der Waals surface area (Å²) in [6.45, 7) is -0.0347. The molecule has 3 aromatic carbocycles. The number of hydrogen-bond donors (Lipinski definition) is 2. The maximum atomic E-state index is 13.0. The maximum Gasteiger partial charge on any atom is 0.281 e. The summed E-state index contributed by atoms with van der Waals surface area (Å²) in [7, 11) is 0. The Balaban J connectivity index is 1.84. The quantitative estimate of drug-likeness (QED) is 0.231. The zero-order valence-electron chi connectivity index (χ0n) is 16.1. The molecule has 0 radical (unpaired) electrons. The van der Waals surface area contributed by atoms with Gasteiger partial charge in [0, 0.05) is 0 Å². The SMILES string of the molecule is N#CCOc1c(I)cc(/C=N/NC(=O)C(O)(c2ccccc2)c2ccccc2)cc1I. The number of hydrogen-bond acceptors (Lipinski definition) is 5. The number of halogens is 2. The minimum absolute atomic E-state index is 0.0347. The Morgan fingerprint density at radius 1 is 1.06 bits per heavy atom. The fourth-order valence-corrected chi connectivity index (χ4v) is 5.06. The fraction of sp³-hybridized carbons (Fsp3) is 0.0870. The average Bonchev–Trinajstić information content (AvgIpc) is 2.79. The van der Waals surface area contributed by atoms with Crippen molar-refractivity contribution in [1.82, 2.24) is 5.43 Å². The van der Waals surface area contributed by atoms with E-state index in [-0.39, 0.29) is 6.61 Å². The minimum Gasteiger partial charge on any atom is -0.477 e. The van der Waals surface area contributed by atoms with Crippen LogP contribution < -0.4 is 10.2 Å². The van der Waals surface area contributed by atoms with Gasteiger partial charge in [0.25, 0.3) is 5.91 Å². The van der Waals surface area contributed by atoms with Gasteiger partial charge in [0.1, 0.15) is 11.8 Å². The minimum atomic E-state index is -1.89. The molecule has 31 heavy (non-hydrogen) atoms. The number of rotatable bonds is 7. The number of carbonyl (C=O) groups is 1. The van der Waals surface area contributed by atoms with Gasteiger partial charge in [-0.15, -0.1) is 0 Å². The van der Waals surface area contributed by atoms with Crippen molar-refractivity contribution in [2.45, 2.75) is 5.60 Å². The van der Waals surface area contributed by atoms with Gasteiger partial charge in [-0.25, -0.2) is 5.43 Å². The first-order chi connectivity index (χ1) is 15.0. The first kappa shape index (κ1) is 23.2. The second kappa shape index (κ2) is 10.7. The molecule has 0 aromatic heterocycles. The molecule has 0 aliphatic carbocycles. The Kier molecular flexibility index (Phi) is 8.00. The smallest absolute Gasteiger partial charge is 0.281 e. The molecule has 0 heterocycles. The van der Waals surface area contributed by atoms with Crippen LogP contribution in [-0.2, 0) is 10.4 Å². The van der Waals surface area contributed by atoms with Gasteiger partial charge in [-0.2, -0.15) is 10.4 Å². The molecule has 0 atom stereocenters. The van der Waals surface area contributed by atoms with Gasteiger partial charge in [-0.3, -0.25) is 4.79 Å². The Morgan fingerprint density at radius 2 is 1.58 bits per heavy atom. The molecule has 8 heteroatoms. The van der Waals surface area contributed by atoms with Crippen molar-refractivity contribution in [3.63, 3.8) is 0 Å². The molecule has 0 spiro atoms. The van der Waals surface area contributed by atoms with Gasteiger partial charge in [0.05, 0.1) is 13.4 Å². The fourth-order valence-electron chi connectivity index (χ4n) is 2.93. The van der Waals surface area contributed by atoms with Crippen LogP contribution in [-0.4, -0.2) is 23.8 Å². The van der Waals surface area contributed by atoms with Gasteiger partial charge in [-0.1, -0.05) is 60.7 Å². The lowest BCUT2D eigenvalue weighted by atomic mass is 9.85. The van der Waals surface area contributed by atoms with Crippen molar-refractivity contribution in [1.29, 1.82) is 5.26 Å². The monoisotopic (exact) mass is 637 g/mol. The Bertz CT molecular complexity index is 1070. The number of hydrazone groups is 1. The van der Waals surface area contributed by atoms with Crippen LogP contribution in [0.3, 0.4) is 0 Å². The molecule has 156 valence electrons. The zero-order valence-corrected chi connectivity index (χ0v) is 20.4. The van der Waals surface area contributed by atoms with E-state index in [1.807, 2.05) is 30.3 Å². The zero-order chi connectivity index (χ0) is 22.3. The molecule has 0 aliphatic heterocycles. The van der Waals surface area contributed by atoms with Gasteiger partial charge in [0.2, 0.25) is 0 Å². The third kappa shape index (κ3) is 5.41. The highest BCUT2D eigenvalue weighted by Gasteiger charge is 2.39. The number of nitriles is 1. The molecule has 0 unspecified atom stereocenters. The topological polar surface area (TPSA) is 94.7 Å². The lowest BCUT2D eigenvalue weighted by Gasteiger charge is -2.27. The highest BCUT2D eigenvalue weighted by Crippen LogP contribution is 2.30. The second-order valence-electron chi connectivity index (χ2n) is 6.40. The summed E-state index contributed by atoms with van der Waals surface area (Å²) in [4.78, 5) is 13.0.